The fraction of sp³-hybridized carbons (Fsp3) is 0.393. The zero-order chi connectivity index (χ0) is 24.2. The van der Waals surface area contributed by atoms with Crippen molar-refractivity contribution in [3.8, 4) is 5.69 Å². The molecule has 1 saturated heterocycles. The van der Waals surface area contributed by atoms with E-state index in [-0.39, 0.29) is 17.7 Å². The number of nitrogens with zero attached hydrogens (tertiary/aromatic N) is 3. The van der Waals surface area contributed by atoms with E-state index in [2.05, 4.69) is 53.0 Å². The van der Waals surface area contributed by atoms with Gasteiger partial charge in [0.1, 0.15) is 0 Å². The SMILES string of the molecule is Cc1cc(C(=O)N2CCC(C(=O)NCc3cccnc3)CC2)c(C)n1-c1cccc(C(C)C)c1. The molecule has 1 N–H and O–H groups in total. The largest absolute Gasteiger partial charge is 0.352 e. The van der Waals surface area contributed by atoms with E-state index in [9.17, 15) is 9.59 Å². The zero-order valence-electron chi connectivity index (χ0n) is 20.5. The lowest BCUT2D eigenvalue weighted by Crippen LogP contribution is -2.43. The number of benzene rings is 1. The van der Waals surface area contributed by atoms with Crippen LogP contribution in [-0.2, 0) is 11.3 Å². The van der Waals surface area contributed by atoms with E-state index in [0.717, 1.165) is 28.2 Å². The van der Waals surface area contributed by atoms with Crippen molar-refractivity contribution in [2.75, 3.05) is 13.1 Å². The Kier molecular flexibility index (Phi) is 7.15. The summed E-state index contributed by atoms with van der Waals surface area (Å²) in [7, 11) is 0. The fourth-order valence-corrected chi connectivity index (χ4v) is 4.75. The predicted molar refractivity (Wildman–Crippen MR) is 134 cm³/mol. The highest BCUT2D eigenvalue weighted by Crippen LogP contribution is 2.26. The van der Waals surface area contributed by atoms with Crippen molar-refractivity contribution >= 4 is 11.8 Å². The summed E-state index contributed by atoms with van der Waals surface area (Å²) in [6.07, 6.45) is 4.84. The third kappa shape index (κ3) is 5.06. The Balaban J connectivity index is 1.40. The van der Waals surface area contributed by atoms with Crippen molar-refractivity contribution < 1.29 is 9.59 Å². The van der Waals surface area contributed by atoms with Crippen LogP contribution in [0.15, 0.2) is 54.9 Å². The molecule has 1 fully saturated rings. The molecule has 4 rings (SSSR count). The van der Waals surface area contributed by atoms with Crippen LogP contribution in [0.3, 0.4) is 0 Å². The van der Waals surface area contributed by atoms with Crippen molar-refractivity contribution in [1.29, 1.82) is 0 Å². The van der Waals surface area contributed by atoms with Crippen molar-refractivity contribution in [2.24, 2.45) is 5.92 Å². The molecule has 2 amide bonds. The Morgan fingerprint density at radius 2 is 1.85 bits per heavy atom. The van der Waals surface area contributed by atoms with Gasteiger partial charge in [-0.2, -0.15) is 0 Å². The number of carbonyl (C=O) groups is 2. The Labute approximate surface area is 202 Å². The van der Waals surface area contributed by atoms with Crippen LogP contribution in [-0.4, -0.2) is 39.4 Å². The maximum atomic E-state index is 13.4. The summed E-state index contributed by atoms with van der Waals surface area (Å²) in [5, 5.41) is 3.01. The van der Waals surface area contributed by atoms with Gasteiger partial charge in [-0.3, -0.25) is 14.6 Å². The molecule has 0 saturated carbocycles. The summed E-state index contributed by atoms with van der Waals surface area (Å²) >= 11 is 0. The number of carbonyl (C=O) groups excluding carboxylic acids is 2. The molecule has 0 spiro atoms. The molecule has 2 aromatic heterocycles. The van der Waals surface area contributed by atoms with E-state index in [4.69, 9.17) is 0 Å². The van der Waals surface area contributed by atoms with Crippen LogP contribution in [0.1, 0.15) is 65.5 Å². The van der Waals surface area contributed by atoms with Crippen molar-refractivity contribution in [1.82, 2.24) is 19.8 Å². The van der Waals surface area contributed by atoms with Crippen LogP contribution in [0.5, 0.6) is 0 Å². The van der Waals surface area contributed by atoms with E-state index in [1.165, 1.54) is 5.56 Å². The normalized spacial score (nSPS) is 14.4. The first-order chi connectivity index (χ1) is 16.3. The van der Waals surface area contributed by atoms with Gasteiger partial charge in [0, 0.05) is 55.0 Å². The molecule has 1 aliphatic heterocycles. The van der Waals surface area contributed by atoms with Crippen LogP contribution in [0.25, 0.3) is 5.69 Å². The number of aromatic nitrogens is 2. The van der Waals surface area contributed by atoms with Crippen LogP contribution in [0, 0.1) is 19.8 Å². The minimum atomic E-state index is -0.0630. The minimum Gasteiger partial charge on any atom is -0.352 e. The average Bonchev–Trinajstić information content (AvgIpc) is 3.16. The van der Waals surface area contributed by atoms with Crippen molar-refractivity contribution in [3.05, 3.63) is 82.9 Å². The third-order valence-corrected chi connectivity index (χ3v) is 6.80. The van der Waals surface area contributed by atoms with E-state index in [1.54, 1.807) is 12.4 Å². The number of aryl methyl sites for hydroxylation is 1. The third-order valence-electron chi connectivity index (χ3n) is 6.80. The molecule has 0 atom stereocenters. The lowest BCUT2D eigenvalue weighted by atomic mass is 9.95. The lowest BCUT2D eigenvalue weighted by molar-refractivity contribution is -0.126. The number of nitrogens with one attached hydrogen (secondary N) is 1. The Bertz CT molecular complexity index is 1160. The summed E-state index contributed by atoms with van der Waals surface area (Å²) in [6.45, 7) is 10.1. The molecular formula is C28H34N4O2. The molecule has 0 bridgehead atoms. The molecule has 0 radical (unpaired) electrons. The van der Waals surface area contributed by atoms with Crippen LogP contribution >= 0.6 is 0 Å². The van der Waals surface area contributed by atoms with Gasteiger partial charge in [0.05, 0.1) is 5.56 Å². The number of rotatable bonds is 6. The van der Waals surface area contributed by atoms with Gasteiger partial charge in [-0.1, -0.05) is 32.0 Å². The molecule has 0 unspecified atom stereocenters. The summed E-state index contributed by atoms with van der Waals surface area (Å²) < 4.78 is 2.16. The van der Waals surface area contributed by atoms with Crippen LogP contribution in [0.4, 0.5) is 0 Å². The molecule has 3 aromatic rings. The molecule has 34 heavy (non-hydrogen) atoms. The van der Waals surface area contributed by atoms with E-state index >= 15 is 0 Å². The van der Waals surface area contributed by atoms with E-state index in [0.29, 0.717) is 38.4 Å². The Morgan fingerprint density at radius 1 is 1.09 bits per heavy atom. The lowest BCUT2D eigenvalue weighted by Gasteiger charge is -2.31. The van der Waals surface area contributed by atoms with Crippen molar-refractivity contribution in [2.45, 2.75) is 53.0 Å². The summed E-state index contributed by atoms with van der Waals surface area (Å²) in [4.78, 5) is 32.0. The molecule has 178 valence electrons. The van der Waals surface area contributed by atoms with E-state index < -0.39 is 0 Å². The highest BCUT2D eigenvalue weighted by molar-refractivity contribution is 5.96. The topological polar surface area (TPSA) is 67.2 Å². The van der Waals surface area contributed by atoms with Gasteiger partial charge >= 0.3 is 0 Å². The van der Waals surface area contributed by atoms with Gasteiger partial charge in [0.15, 0.2) is 0 Å². The second-order valence-electron chi connectivity index (χ2n) is 9.52. The number of pyridine rings is 1. The Hall–Kier alpha value is -3.41. The highest BCUT2D eigenvalue weighted by Gasteiger charge is 2.29. The maximum absolute atomic E-state index is 13.4. The number of hydrogen-bond acceptors (Lipinski definition) is 3. The first-order valence-corrected chi connectivity index (χ1v) is 12.1. The van der Waals surface area contributed by atoms with Gasteiger partial charge in [-0.25, -0.2) is 0 Å². The van der Waals surface area contributed by atoms with Crippen LogP contribution in [0.2, 0.25) is 0 Å². The predicted octanol–water partition coefficient (Wildman–Crippen LogP) is 4.78. The van der Waals surface area contributed by atoms with Gasteiger partial charge < -0.3 is 14.8 Å². The molecule has 3 heterocycles. The first-order valence-electron chi connectivity index (χ1n) is 12.1. The molecule has 6 nitrogen and oxygen atoms in total. The quantitative estimate of drug-likeness (QED) is 0.578. The van der Waals surface area contributed by atoms with Crippen molar-refractivity contribution in [3.63, 3.8) is 0 Å². The monoisotopic (exact) mass is 458 g/mol. The summed E-state index contributed by atoms with van der Waals surface area (Å²) in [6, 6.07) is 14.3. The highest BCUT2D eigenvalue weighted by atomic mass is 16.2. The zero-order valence-corrected chi connectivity index (χ0v) is 20.5. The molecule has 1 aromatic carbocycles. The maximum Gasteiger partial charge on any atom is 0.255 e. The number of likely N-dealkylation sites (tertiary alicyclic amines) is 1. The van der Waals surface area contributed by atoms with Crippen LogP contribution < -0.4 is 5.32 Å². The van der Waals surface area contributed by atoms with Gasteiger partial charge in [0.25, 0.3) is 5.91 Å². The number of piperidine rings is 1. The van der Waals surface area contributed by atoms with Gasteiger partial charge in [-0.05, 0) is 68.0 Å². The van der Waals surface area contributed by atoms with Gasteiger partial charge in [-0.15, -0.1) is 0 Å². The Morgan fingerprint density at radius 3 is 2.53 bits per heavy atom. The first kappa shape index (κ1) is 23.7. The summed E-state index contributed by atoms with van der Waals surface area (Å²) in [5.74, 6) is 0.486. The standard InChI is InChI=1S/C28H34N4O2/c1-19(2)24-8-5-9-25(16-24)32-20(3)15-26(21(32)4)28(34)31-13-10-23(11-14-31)27(33)30-18-22-7-6-12-29-17-22/h5-9,12,15-17,19,23H,10-11,13-14,18H2,1-4H3,(H,30,33). The second kappa shape index (κ2) is 10.2. The molecule has 6 heteroatoms. The van der Waals surface area contributed by atoms with E-state index in [1.807, 2.05) is 36.9 Å². The molecule has 1 aliphatic rings. The molecular weight excluding hydrogens is 424 g/mol. The smallest absolute Gasteiger partial charge is 0.255 e. The fourth-order valence-electron chi connectivity index (χ4n) is 4.75. The van der Waals surface area contributed by atoms with Gasteiger partial charge in [0.2, 0.25) is 5.91 Å². The number of amides is 2. The average molecular weight is 459 g/mol. The summed E-state index contributed by atoms with van der Waals surface area (Å²) in [5.41, 5.74) is 6.10. The minimum absolute atomic E-state index is 0.0496. The second-order valence-corrected chi connectivity index (χ2v) is 9.52. The number of hydrogen-bond donors (Lipinski definition) is 1. The molecule has 0 aliphatic carbocycles.